The maximum absolute atomic E-state index is 12.3. The van der Waals surface area contributed by atoms with Crippen molar-refractivity contribution in [3.63, 3.8) is 0 Å². The molecule has 2 rings (SSSR count). The van der Waals surface area contributed by atoms with Gasteiger partial charge >= 0.3 is 0 Å². The van der Waals surface area contributed by atoms with Gasteiger partial charge in [0.05, 0.1) is 6.54 Å². The maximum atomic E-state index is 12.3. The minimum absolute atomic E-state index is 0.0909. The molecule has 122 valence electrons. The first-order valence-electron chi connectivity index (χ1n) is 7.35. The zero-order chi connectivity index (χ0) is 17.1. The van der Waals surface area contributed by atoms with Gasteiger partial charge in [0.15, 0.2) is 5.76 Å². The van der Waals surface area contributed by atoms with Gasteiger partial charge < -0.3 is 14.7 Å². The molecule has 1 aromatic heterocycles. The first-order chi connectivity index (χ1) is 10.8. The monoisotopic (exact) mass is 315 g/mol. The van der Waals surface area contributed by atoms with Gasteiger partial charge in [-0.3, -0.25) is 9.59 Å². The molecule has 0 atom stereocenters. The molecule has 0 saturated carbocycles. The molecule has 0 unspecified atom stereocenters. The maximum Gasteiger partial charge on any atom is 0.251 e. The van der Waals surface area contributed by atoms with Crippen molar-refractivity contribution in [3.8, 4) is 0 Å². The Morgan fingerprint density at radius 1 is 1.13 bits per heavy atom. The van der Waals surface area contributed by atoms with Gasteiger partial charge in [-0.1, -0.05) is 22.3 Å². The number of hydrogen-bond acceptors (Lipinski definition) is 4. The lowest BCUT2D eigenvalue weighted by atomic mass is 10.1. The lowest BCUT2D eigenvalue weighted by molar-refractivity contribution is -0.117. The number of benzene rings is 1. The number of amides is 2. The highest BCUT2D eigenvalue weighted by atomic mass is 16.5. The van der Waals surface area contributed by atoms with Gasteiger partial charge in [0.2, 0.25) is 5.91 Å². The molecule has 0 aliphatic carbocycles. The highest BCUT2D eigenvalue weighted by Gasteiger charge is 2.20. The van der Waals surface area contributed by atoms with Crippen LogP contribution in [0.2, 0.25) is 0 Å². The molecule has 6 nitrogen and oxygen atoms in total. The Balaban J connectivity index is 2.02. The van der Waals surface area contributed by atoms with E-state index in [2.05, 4.69) is 10.5 Å². The molecule has 1 heterocycles. The number of carbonyl (C=O) groups excluding carboxylic acids is 2. The Labute approximate surface area is 135 Å². The number of carbonyl (C=O) groups is 2. The quantitative estimate of drug-likeness (QED) is 0.939. The molecule has 0 radical (unpaired) electrons. The van der Waals surface area contributed by atoms with E-state index in [0.717, 1.165) is 11.1 Å². The average Bonchev–Trinajstić information content (AvgIpc) is 2.81. The summed E-state index contributed by atoms with van der Waals surface area (Å²) in [6.07, 6.45) is 0. The van der Waals surface area contributed by atoms with Gasteiger partial charge in [-0.15, -0.1) is 0 Å². The number of rotatable bonds is 4. The second kappa shape index (κ2) is 6.64. The summed E-state index contributed by atoms with van der Waals surface area (Å²) in [5, 5.41) is 6.48. The van der Waals surface area contributed by atoms with Crippen LogP contribution in [0.4, 0.5) is 5.69 Å². The first-order valence-corrected chi connectivity index (χ1v) is 7.35. The van der Waals surface area contributed by atoms with Crippen molar-refractivity contribution in [2.24, 2.45) is 0 Å². The predicted molar refractivity (Wildman–Crippen MR) is 87.6 cm³/mol. The second-order valence-corrected chi connectivity index (χ2v) is 5.68. The van der Waals surface area contributed by atoms with Crippen LogP contribution < -0.4 is 10.2 Å². The summed E-state index contributed by atoms with van der Waals surface area (Å²) in [6.45, 7) is 7.28. The van der Waals surface area contributed by atoms with Crippen molar-refractivity contribution < 1.29 is 14.1 Å². The molecule has 23 heavy (non-hydrogen) atoms. The van der Waals surface area contributed by atoms with Crippen LogP contribution in [0.5, 0.6) is 0 Å². The Kier molecular flexibility index (Phi) is 4.83. The van der Waals surface area contributed by atoms with Gasteiger partial charge in [0.1, 0.15) is 11.4 Å². The van der Waals surface area contributed by atoms with Crippen molar-refractivity contribution in [2.75, 3.05) is 18.5 Å². The molecule has 0 spiro atoms. The number of aryl methyl sites for hydroxylation is 4. The molecule has 1 aromatic carbocycles. The topological polar surface area (TPSA) is 75.4 Å². The van der Waals surface area contributed by atoms with E-state index in [4.69, 9.17) is 4.52 Å². The van der Waals surface area contributed by atoms with E-state index in [1.54, 1.807) is 33.0 Å². The lowest BCUT2D eigenvalue weighted by Gasteiger charge is -2.17. The van der Waals surface area contributed by atoms with Crippen molar-refractivity contribution in [1.82, 2.24) is 10.5 Å². The zero-order valence-electron chi connectivity index (χ0n) is 14.1. The highest BCUT2D eigenvalue weighted by molar-refractivity contribution is 6.00. The molecular formula is C17H21N3O3. The fourth-order valence-electron chi connectivity index (χ4n) is 2.56. The minimum atomic E-state index is -0.266. The predicted octanol–water partition coefficient (Wildman–Crippen LogP) is 2.30. The van der Waals surface area contributed by atoms with Gasteiger partial charge in [0, 0.05) is 12.6 Å². The zero-order valence-corrected chi connectivity index (χ0v) is 14.1. The number of nitrogens with zero attached hydrogens (tertiary/aromatic N) is 2. The van der Waals surface area contributed by atoms with Crippen LogP contribution in [0.15, 0.2) is 22.7 Å². The van der Waals surface area contributed by atoms with E-state index in [-0.39, 0.29) is 18.4 Å². The Hall–Kier alpha value is -2.63. The molecule has 0 saturated heterocycles. The van der Waals surface area contributed by atoms with Crippen LogP contribution >= 0.6 is 0 Å². The summed E-state index contributed by atoms with van der Waals surface area (Å²) in [7, 11) is 1.64. The third-order valence-electron chi connectivity index (χ3n) is 3.59. The van der Waals surface area contributed by atoms with Crippen molar-refractivity contribution in [1.29, 1.82) is 0 Å². The summed E-state index contributed by atoms with van der Waals surface area (Å²) < 4.78 is 5.06. The summed E-state index contributed by atoms with van der Waals surface area (Å²) in [4.78, 5) is 25.9. The van der Waals surface area contributed by atoms with Crippen molar-refractivity contribution in [2.45, 2.75) is 27.7 Å². The van der Waals surface area contributed by atoms with Crippen LogP contribution in [0.1, 0.15) is 32.9 Å². The number of aromatic nitrogens is 1. The highest BCUT2D eigenvalue weighted by Crippen LogP contribution is 2.22. The first kappa shape index (κ1) is 16.7. The van der Waals surface area contributed by atoms with Crippen LogP contribution in [0.25, 0.3) is 0 Å². The van der Waals surface area contributed by atoms with Crippen LogP contribution in [0.3, 0.4) is 0 Å². The van der Waals surface area contributed by atoms with E-state index in [9.17, 15) is 9.59 Å². The van der Waals surface area contributed by atoms with E-state index in [1.807, 2.05) is 19.9 Å². The van der Waals surface area contributed by atoms with Gasteiger partial charge in [-0.25, -0.2) is 0 Å². The van der Waals surface area contributed by atoms with Gasteiger partial charge in [-0.2, -0.15) is 0 Å². The molecular weight excluding hydrogens is 294 g/mol. The Morgan fingerprint density at radius 2 is 1.74 bits per heavy atom. The number of hydrogen-bond donors (Lipinski definition) is 1. The largest absolute Gasteiger partial charge is 0.359 e. The molecule has 2 amide bonds. The van der Waals surface area contributed by atoms with E-state index in [0.29, 0.717) is 22.7 Å². The van der Waals surface area contributed by atoms with Gasteiger partial charge in [-0.05, 0) is 39.8 Å². The lowest BCUT2D eigenvalue weighted by Crippen LogP contribution is -2.38. The molecule has 0 aliphatic rings. The average molecular weight is 315 g/mol. The second-order valence-electron chi connectivity index (χ2n) is 5.68. The summed E-state index contributed by atoms with van der Waals surface area (Å²) in [5.41, 5.74) is 3.84. The molecule has 0 aliphatic heterocycles. The number of anilines is 1. The summed E-state index contributed by atoms with van der Waals surface area (Å²) >= 11 is 0. The van der Waals surface area contributed by atoms with Crippen molar-refractivity contribution in [3.05, 3.63) is 46.3 Å². The van der Waals surface area contributed by atoms with Crippen LogP contribution in [-0.2, 0) is 4.79 Å². The Bertz CT molecular complexity index is 710. The standard InChI is InChI=1S/C17H21N3O3/c1-10-6-11(2)8-14(7-10)17(22)18-9-15(21)20(5)16-12(3)19-23-13(16)4/h6-8H,9H2,1-5H3,(H,18,22). The SMILES string of the molecule is Cc1cc(C)cc(C(=O)NCC(=O)N(C)c2c(C)noc2C)c1. The molecule has 6 heteroatoms. The van der Waals surface area contributed by atoms with Crippen LogP contribution in [0, 0.1) is 27.7 Å². The van der Waals surface area contributed by atoms with Crippen LogP contribution in [-0.4, -0.2) is 30.6 Å². The fraction of sp³-hybridized carbons (Fsp3) is 0.353. The molecule has 2 aromatic rings. The number of nitrogens with one attached hydrogen (secondary N) is 1. The fourth-order valence-corrected chi connectivity index (χ4v) is 2.56. The van der Waals surface area contributed by atoms with E-state index in [1.165, 1.54) is 4.90 Å². The number of likely N-dealkylation sites (N-methyl/N-ethyl adjacent to an activating group) is 1. The Morgan fingerprint density at radius 3 is 2.26 bits per heavy atom. The van der Waals surface area contributed by atoms with E-state index < -0.39 is 0 Å². The van der Waals surface area contributed by atoms with Crippen molar-refractivity contribution >= 4 is 17.5 Å². The third-order valence-corrected chi connectivity index (χ3v) is 3.59. The minimum Gasteiger partial charge on any atom is -0.359 e. The molecule has 1 N–H and O–H groups in total. The summed E-state index contributed by atoms with van der Waals surface area (Å²) in [5.74, 6) is 0.0634. The normalized spacial score (nSPS) is 10.5. The molecule has 0 bridgehead atoms. The molecule has 0 fully saturated rings. The smallest absolute Gasteiger partial charge is 0.251 e. The van der Waals surface area contributed by atoms with Gasteiger partial charge in [0.25, 0.3) is 5.91 Å². The third kappa shape index (κ3) is 3.77. The van der Waals surface area contributed by atoms with E-state index >= 15 is 0 Å². The summed E-state index contributed by atoms with van der Waals surface area (Å²) in [6, 6.07) is 5.59.